The predicted octanol–water partition coefficient (Wildman–Crippen LogP) is 5.66. The maximum Gasteiger partial charge on any atom is 0.407 e. The normalized spacial score (nSPS) is 11.9. The summed E-state index contributed by atoms with van der Waals surface area (Å²) in [6, 6.07) is 8.86. The summed E-state index contributed by atoms with van der Waals surface area (Å²) in [6.45, 7) is 6.86. The third-order valence-electron chi connectivity index (χ3n) is 4.65. The number of benzene rings is 1. The first-order valence-electron chi connectivity index (χ1n) is 11.2. The maximum atomic E-state index is 12.5. The minimum absolute atomic E-state index is 0.238. The highest BCUT2D eigenvalue weighted by Crippen LogP contribution is 2.09. The van der Waals surface area contributed by atoms with E-state index < -0.39 is 18.1 Å². The summed E-state index contributed by atoms with van der Waals surface area (Å²) in [4.78, 5) is 24.6. The van der Waals surface area contributed by atoms with Crippen LogP contribution in [0, 0.1) is 5.92 Å². The van der Waals surface area contributed by atoms with Crippen molar-refractivity contribution in [3.8, 4) is 0 Å². The van der Waals surface area contributed by atoms with Gasteiger partial charge in [0.1, 0.15) is 6.04 Å². The van der Waals surface area contributed by atoms with Crippen LogP contribution < -0.4 is 5.32 Å². The molecule has 1 aromatic rings. The summed E-state index contributed by atoms with van der Waals surface area (Å²) in [5.41, 5.74) is 0.964. The number of hydrogen-bond donors (Lipinski definition) is 1. The highest BCUT2D eigenvalue weighted by Gasteiger charge is 2.23. The van der Waals surface area contributed by atoms with Crippen LogP contribution in [-0.4, -0.2) is 31.3 Å². The van der Waals surface area contributed by atoms with Gasteiger partial charge in [-0.3, -0.25) is 0 Å². The van der Waals surface area contributed by atoms with Crippen LogP contribution in [0.4, 0.5) is 4.79 Å². The molecule has 1 rings (SSSR count). The quantitative estimate of drug-likeness (QED) is 0.302. The van der Waals surface area contributed by atoms with E-state index in [2.05, 4.69) is 12.2 Å². The van der Waals surface area contributed by atoms with E-state index in [-0.39, 0.29) is 5.92 Å². The number of carbonyl (C=O) groups excluding carboxylic acids is 2. The Morgan fingerprint density at radius 3 is 2.14 bits per heavy atom. The molecule has 0 aliphatic heterocycles. The Morgan fingerprint density at radius 2 is 1.52 bits per heavy atom. The molecule has 0 saturated heterocycles. The molecule has 5 heteroatoms. The van der Waals surface area contributed by atoms with Crippen LogP contribution in [0.2, 0.25) is 0 Å². The van der Waals surface area contributed by atoms with E-state index in [9.17, 15) is 9.59 Å². The van der Waals surface area contributed by atoms with Gasteiger partial charge in [0.15, 0.2) is 0 Å². The standard InChI is InChI=1S/C24H39NO4/c1-4-5-6-7-8-9-10-14-17-28-23(26)22(18-21-15-12-11-13-16-21)25-24(27)29-19-20(2)3/h11-13,15-16,20,22H,4-10,14,17-19H2,1-3H3,(H,25,27). The number of ether oxygens (including phenoxy) is 2. The maximum absolute atomic E-state index is 12.5. The fourth-order valence-electron chi connectivity index (χ4n) is 2.98. The lowest BCUT2D eigenvalue weighted by molar-refractivity contribution is -0.146. The molecule has 29 heavy (non-hydrogen) atoms. The molecule has 0 radical (unpaired) electrons. The molecule has 1 aromatic carbocycles. The van der Waals surface area contributed by atoms with Crippen molar-refractivity contribution in [3.63, 3.8) is 0 Å². The van der Waals surface area contributed by atoms with Gasteiger partial charge in [-0.2, -0.15) is 0 Å². The van der Waals surface area contributed by atoms with Gasteiger partial charge in [-0.25, -0.2) is 9.59 Å². The Morgan fingerprint density at radius 1 is 0.897 bits per heavy atom. The number of nitrogens with one attached hydrogen (secondary N) is 1. The average Bonchev–Trinajstić information content (AvgIpc) is 2.71. The fraction of sp³-hybridized carbons (Fsp3) is 0.667. The summed E-state index contributed by atoms with van der Waals surface area (Å²) in [5.74, 6) is -0.166. The molecule has 0 fully saturated rings. The van der Waals surface area contributed by atoms with Gasteiger partial charge in [0.25, 0.3) is 0 Å². The molecule has 0 bridgehead atoms. The van der Waals surface area contributed by atoms with Crippen molar-refractivity contribution in [1.29, 1.82) is 0 Å². The molecular weight excluding hydrogens is 366 g/mol. The molecule has 0 aromatic heterocycles. The molecule has 0 aliphatic rings. The first kappa shape index (κ1) is 25.0. The van der Waals surface area contributed by atoms with Crippen molar-refractivity contribution < 1.29 is 19.1 Å². The van der Waals surface area contributed by atoms with Crippen LogP contribution in [0.1, 0.15) is 77.7 Å². The molecule has 5 nitrogen and oxygen atoms in total. The van der Waals surface area contributed by atoms with Gasteiger partial charge in [-0.05, 0) is 17.9 Å². The van der Waals surface area contributed by atoms with Gasteiger partial charge in [0, 0.05) is 6.42 Å². The van der Waals surface area contributed by atoms with E-state index in [0.29, 0.717) is 19.6 Å². The number of carbonyl (C=O) groups is 2. The summed E-state index contributed by atoms with van der Waals surface area (Å²) >= 11 is 0. The van der Waals surface area contributed by atoms with Gasteiger partial charge in [-0.1, -0.05) is 96.0 Å². The Labute approximate surface area is 176 Å². The van der Waals surface area contributed by atoms with Crippen LogP contribution in [0.5, 0.6) is 0 Å². The van der Waals surface area contributed by atoms with Crippen molar-refractivity contribution in [1.82, 2.24) is 5.32 Å². The van der Waals surface area contributed by atoms with Crippen molar-refractivity contribution in [2.24, 2.45) is 5.92 Å². The number of alkyl carbamates (subject to hydrolysis) is 1. The van der Waals surface area contributed by atoms with E-state index in [0.717, 1.165) is 18.4 Å². The topological polar surface area (TPSA) is 64.6 Å². The van der Waals surface area contributed by atoms with Gasteiger partial charge in [-0.15, -0.1) is 0 Å². The van der Waals surface area contributed by atoms with Crippen molar-refractivity contribution in [3.05, 3.63) is 35.9 Å². The third kappa shape index (κ3) is 12.9. The second kappa shape index (κ2) is 15.8. The molecule has 1 atom stereocenters. The molecule has 0 aliphatic carbocycles. The molecule has 0 saturated carbocycles. The lowest BCUT2D eigenvalue weighted by Gasteiger charge is -2.18. The van der Waals surface area contributed by atoms with Crippen LogP contribution in [0.3, 0.4) is 0 Å². The smallest absolute Gasteiger partial charge is 0.407 e. The Bertz CT molecular complexity index is 559. The van der Waals surface area contributed by atoms with Crippen LogP contribution in [-0.2, 0) is 20.7 Å². The molecule has 1 N–H and O–H groups in total. The van der Waals surface area contributed by atoms with E-state index in [1.807, 2.05) is 44.2 Å². The Kier molecular flexibility index (Phi) is 13.6. The number of amides is 1. The average molecular weight is 406 g/mol. The molecular formula is C24H39NO4. The van der Waals surface area contributed by atoms with Gasteiger partial charge in [0.05, 0.1) is 13.2 Å². The van der Waals surface area contributed by atoms with E-state index >= 15 is 0 Å². The van der Waals surface area contributed by atoms with E-state index in [1.165, 1.54) is 38.5 Å². The molecule has 0 spiro atoms. The first-order valence-corrected chi connectivity index (χ1v) is 11.2. The second-order valence-electron chi connectivity index (χ2n) is 8.02. The highest BCUT2D eigenvalue weighted by atomic mass is 16.6. The zero-order valence-corrected chi connectivity index (χ0v) is 18.5. The lowest BCUT2D eigenvalue weighted by atomic mass is 10.1. The highest BCUT2D eigenvalue weighted by molar-refractivity contribution is 5.81. The second-order valence-corrected chi connectivity index (χ2v) is 8.02. The zero-order valence-electron chi connectivity index (χ0n) is 18.5. The molecule has 0 heterocycles. The van der Waals surface area contributed by atoms with Crippen LogP contribution in [0.15, 0.2) is 30.3 Å². The molecule has 164 valence electrons. The largest absolute Gasteiger partial charge is 0.464 e. The summed E-state index contributed by atoms with van der Waals surface area (Å²) < 4.78 is 10.6. The Balaban J connectivity index is 2.39. The first-order chi connectivity index (χ1) is 14.0. The van der Waals surface area contributed by atoms with Crippen molar-refractivity contribution >= 4 is 12.1 Å². The number of esters is 1. The predicted molar refractivity (Wildman–Crippen MR) is 117 cm³/mol. The number of unbranched alkanes of at least 4 members (excludes halogenated alkanes) is 7. The summed E-state index contributed by atoms with van der Waals surface area (Å²) in [6.07, 6.45) is 9.31. The lowest BCUT2D eigenvalue weighted by Crippen LogP contribution is -2.44. The molecule has 1 amide bonds. The minimum Gasteiger partial charge on any atom is -0.464 e. The van der Waals surface area contributed by atoms with Gasteiger partial charge >= 0.3 is 12.1 Å². The van der Waals surface area contributed by atoms with Crippen LogP contribution >= 0.6 is 0 Å². The number of hydrogen-bond acceptors (Lipinski definition) is 4. The summed E-state index contributed by atoms with van der Waals surface area (Å²) in [7, 11) is 0. The fourth-order valence-corrected chi connectivity index (χ4v) is 2.98. The van der Waals surface area contributed by atoms with E-state index in [1.54, 1.807) is 0 Å². The van der Waals surface area contributed by atoms with E-state index in [4.69, 9.17) is 9.47 Å². The summed E-state index contributed by atoms with van der Waals surface area (Å²) in [5, 5.41) is 2.67. The third-order valence-corrected chi connectivity index (χ3v) is 4.65. The molecule has 1 unspecified atom stereocenters. The van der Waals surface area contributed by atoms with Crippen molar-refractivity contribution in [2.45, 2.75) is 84.6 Å². The SMILES string of the molecule is CCCCCCCCCCOC(=O)C(Cc1ccccc1)NC(=O)OCC(C)C. The zero-order chi connectivity index (χ0) is 21.3. The Hall–Kier alpha value is -2.04. The van der Waals surface area contributed by atoms with Crippen LogP contribution in [0.25, 0.3) is 0 Å². The van der Waals surface area contributed by atoms with Gasteiger partial charge in [0.2, 0.25) is 0 Å². The van der Waals surface area contributed by atoms with Gasteiger partial charge < -0.3 is 14.8 Å². The van der Waals surface area contributed by atoms with Crippen molar-refractivity contribution in [2.75, 3.05) is 13.2 Å². The number of rotatable bonds is 15. The monoisotopic (exact) mass is 405 g/mol. The minimum atomic E-state index is -0.744.